The Kier molecular flexibility index (Phi) is 6.40. The lowest BCUT2D eigenvalue weighted by molar-refractivity contribution is -0.129. The first-order chi connectivity index (χ1) is 11.5. The Bertz CT molecular complexity index is 586. The van der Waals surface area contributed by atoms with Gasteiger partial charge in [0.1, 0.15) is 5.82 Å². The number of rotatable bonds is 5. The number of likely N-dealkylation sites (tertiary alicyclic amines) is 1. The van der Waals surface area contributed by atoms with Crippen LogP contribution in [-0.2, 0) is 11.3 Å². The molecular formula is C17H28N6O. The van der Waals surface area contributed by atoms with Crippen LogP contribution in [0.1, 0.15) is 25.5 Å². The molecule has 2 N–H and O–H groups in total. The van der Waals surface area contributed by atoms with E-state index in [0.717, 1.165) is 37.0 Å². The molecule has 1 aliphatic rings. The van der Waals surface area contributed by atoms with E-state index in [0.29, 0.717) is 13.0 Å². The molecule has 0 bridgehead atoms. The Hall–Kier alpha value is -2.31. The van der Waals surface area contributed by atoms with Crippen LogP contribution in [-0.4, -0.2) is 62.0 Å². The van der Waals surface area contributed by atoms with Crippen LogP contribution in [0, 0.1) is 0 Å². The van der Waals surface area contributed by atoms with Gasteiger partial charge in [0.25, 0.3) is 0 Å². The maximum Gasteiger partial charge on any atom is 0.222 e. The molecule has 0 saturated carbocycles. The summed E-state index contributed by atoms with van der Waals surface area (Å²) >= 11 is 0. The molecule has 7 heteroatoms. The summed E-state index contributed by atoms with van der Waals surface area (Å²) in [6, 6.07) is 6.22. The average molecular weight is 332 g/mol. The normalized spacial score (nSPS) is 17.8. The van der Waals surface area contributed by atoms with Crippen molar-refractivity contribution in [3.05, 3.63) is 23.9 Å². The quantitative estimate of drug-likeness (QED) is 0.617. The van der Waals surface area contributed by atoms with E-state index < -0.39 is 0 Å². The number of aromatic nitrogens is 1. The van der Waals surface area contributed by atoms with Crippen LogP contribution in [0.25, 0.3) is 0 Å². The molecule has 0 aromatic carbocycles. The van der Waals surface area contributed by atoms with Crippen molar-refractivity contribution in [3.8, 4) is 0 Å². The third-order valence-electron chi connectivity index (χ3n) is 4.10. The second-order valence-electron chi connectivity index (χ2n) is 6.13. The van der Waals surface area contributed by atoms with Gasteiger partial charge in [-0.15, -0.1) is 0 Å². The lowest BCUT2D eigenvalue weighted by Gasteiger charge is -2.19. The van der Waals surface area contributed by atoms with E-state index >= 15 is 0 Å². The summed E-state index contributed by atoms with van der Waals surface area (Å²) in [6.45, 7) is 4.06. The fourth-order valence-electron chi connectivity index (χ4n) is 2.70. The molecule has 1 saturated heterocycles. The van der Waals surface area contributed by atoms with Gasteiger partial charge < -0.3 is 20.4 Å². The van der Waals surface area contributed by atoms with Crippen molar-refractivity contribution in [2.24, 2.45) is 4.99 Å². The van der Waals surface area contributed by atoms with Gasteiger partial charge in [-0.2, -0.15) is 0 Å². The van der Waals surface area contributed by atoms with E-state index in [2.05, 4.69) is 20.6 Å². The number of nitrogens with one attached hydrogen (secondary N) is 2. The molecule has 1 amide bonds. The highest BCUT2D eigenvalue weighted by molar-refractivity contribution is 5.80. The largest absolute Gasteiger partial charge is 0.363 e. The van der Waals surface area contributed by atoms with E-state index in [1.165, 1.54) is 0 Å². The fraction of sp³-hybridized carbons (Fsp3) is 0.588. The minimum atomic E-state index is 0.215. The molecule has 1 fully saturated rings. The van der Waals surface area contributed by atoms with Gasteiger partial charge in [-0.05, 0) is 18.6 Å². The fourth-order valence-corrected chi connectivity index (χ4v) is 2.70. The number of nitrogens with zero attached hydrogens (tertiary/aromatic N) is 4. The molecule has 2 heterocycles. The molecule has 1 atom stereocenters. The summed E-state index contributed by atoms with van der Waals surface area (Å²) < 4.78 is 0. The predicted octanol–water partition coefficient (Wildman–Crippen LogP) is 0.824. The molecule has 0 aliphatic carbocycles. The van der Waals surface area contributed by atoms with Crippen molar-refractivity contribution in [1.82, 2.24) is 20.5 Å². The number of hydrogen-bond acceptors (Lipinski definition) is 4. The van der Waals surface area contributed by atoms with Crippen LogP contribution in [0.2, 0.25) is 0 Å². The molecule has 132 valence electrons. The summed E-state index contributed by atoms with van der Waals surface area (Å²) in [7, 11) is 5.70. The third-order valence-corrected chi connectivity index (χ3v) is 4.10. The van der Waals surface area contributed by atoms with Gasteiger partial charge in [-0.1, -0.05) is 13.0 Å². The summed E-state index contributed by atoms with van der Waals surface area (Å²) in [5.74, 6) is 1.89. The van der Waals surface area contributed by atoms with E-state index in [1.807, 2.05) is 49.0 Å². The number of pyridine rings is 1. The smallest absolute Gasteiger partial charge is 0.222 e. The van der Waals surface area contributed by atoms with Gasteiger partial charge in [-0.3, -0.25) is 9.79 Å². The number of carbonyl (C=O) groups is 1. The molecule has 1 aliphatic heterocycles. The third kappa shape index (κ3) is 4.84. The van der Waals surface area contributed by atoms with E-state index in [4.69, 9.17) is 0 Å². The van der Waals surface area contributed by atoms with Gasteiger partial charge in [0, 0.05) is 46.7 Å². The van der Waals surface area contributed by atoms with Crippen LogP contribution in [0.3, 0.4) is 0 Å². The van der Waals surface area contributed by atoms with E-state index in [9.17, 15) is 4.79 Å². The number of amides is 1. The molecule has 0 spiro atoms. The van der Waals surface area contributed by atoms with Gasteiger partial charge in [0.15, 0.2) is 5.96 Å². The summed E-state index contributed by atoms with van der Waals surface area (Å²) in [6.07, 6.45) is 1.51. The van der Waals surface area contributed by atoms with Crippen molar-refractivity contribution in [2.75, 3.05) is 39.1 Å². The lowest BCUT2D eigenvalue weighted by atomic mass is 10.3. The Labute approximate surface area is 144 Å². The van der Waals surface area contributed by atoms with Crippen LogP contribution >= 0.6 is 0 Å². The van der Waals surface area contributed by atoms with Crippen molar-refractivity contribution in [3.63, 3.8) is 0 Å². The zero-order valence-corrected chi connectivity index (χ0v) is 15.0. The van der Waals surface area contributed by atoms with Crippen molar-refractivity contribution >= 4 is 17.7 Å². The molecule has 24 heavy (non-hydrogen) atoms. The Morgan fingerprint density at radius 1 is 1.46 bits per heavy atom. The molecule has 0 radical (unpaired) electrons. The summed E-state index contributed by atoms with van der Waals surface area (Å²) in [5, 5.41) is 6.68. The first-order valence-corrected chi connectivity index (χ1v) is 8.41. The van der Waals surface area contributed by atoms with Gasteiger partial charge in [0.2, 0.25) is 5.91 Å². The number of anilines is 1. The Morgan fingerprint density at radius 3 is 2.92 bits per heavy atom. The van der Waals surface area contributed by atoms with Crippen LogP contribution in [0.15, 0.2) is 23.2 Å². The SMILES string of the molecule is CCC(=O)N1CCC(NC(=NC)NCc2cccc(N(C)C)n2)C1. The highest BCUT2D eigenvalue weighted by Crippen LogP contribution is 2.10. The molecular weight excluding hydrogens is 304 g/mol. The maximum absolute atomic E-state index is 11.8. The Balaban J connectivity index is 1.85. The van der Waals surface area contributed by atoms with Crippen LogP contribution in [0.5, 0.6) is 0 Å². The molecule has 2 rings (SSSR count). The molecule has 1 aromatic rings. The number of hydrogen-bond donors (Lipinski definition) is 2. The average Bonchev–Trinajstić information content (AvgIpc) is 3.06. The van der Waals surface area contributed by atoms with Crippen molar-refractivity contribution in [1.29, 1.82) is 0 Å². The lowest BCUT2D eigenvalue weighted by Crippen LogP contribution is -2.44. The van der Waals surface area contributed by atoms with Gasteiger partial charge in [0.05, 0.1) is 12.2 Å². The first kappa shape index (κ1) is 18.0. The van der Waals surface area contributed by atoms with Crippen molar-refractivity contribution < 1.29 is 4.79 Å². The number of aliphatic imine (C=N–C) groups is 1. The van der Waals surface area contributed by atoms with Gasteiger partial charge >= 0.3 is 0 Å². The van der Waals surface area contributed by atoms with Gasteiger partial charge in [-0.25, -0.2) is 4.98 Å². The zero-order chi connectivity index (χ0) is 17.5. The highest BCUT2D eigenvalue weighted by atomic mass is 16.2. The van der Waals surface area contributed by atoms with Crippen LogP contribution in [0.4, 0.5) is 5.82 Å². The number of carbonyl (C=O) groups excluding carboxylic acids is 1. The standard InChI is InChI=1S/C17H28N6O/c1-5-16(24)23-10-9-14(12-23)21-17(18-2)19-11-13-7-6-8-15(20-13)22(3)4/h6-8,14H,5,9-12H2,1-4H3,(H2,18,19,21). The maximum atomic E-state index is 11.8. The number of guanidine groups is 1. The van der Waals surface area contributed by atoms with E-state index in [1.54, 1.807) is 7.05 Å². The second kappa shape index (κ2) is 8.52. The second-order valence-corrected chi connectivity index (χ2v) is 6.13. The predicted molar refractivity (Wildman–Crippen MR) is 97.2 cm³/mol. The Morgan fingerprint density at radius 2 is 2.25 bits per heavy atom. The zero-order valence-electron chi connectivity index (χ0n) is 15.0. The van der Waals surface area contributed by atoms with Crippen molar-refractivity contribution in [2.45, 2.75) is 32.4 Å². The minimum absolute atomic E-state index is 0.215. The van der Waals surface area contributed by atoms with E-state index in [-0.39, 0.29) is 11.9 Å². The highest BCUT2D eigenvalue weighted by Gasteiger charge is 2.25. The summed E-state index contributed by atoms with van der Waals surface area (Å²) in [5.41, 5.74) is 0.957. The molecule has 1 unspecified atom stereocenters. The monoisotopic (exact) mass is 332 g/mol. The topological polar surface area (TPSA) is 72.9 Å². The summed E-state index contributed by atoms with van der Waals surface area (Å²) in [4.78, 5) is 24.5. The minimum Gasteiger partial charge on any atom is -0.363 e. The molecule has 7 nitrogen and oxygen atoms in total. The first-order valence-electron chi connectivity index (χ1n) is 8.41. The molecule has 1 aromatic heterocycles. The van der Waals surface area contributed by atoms with Crippen LogP contribution < -0.4 is 15.5 Å².